The van der Waals surface area contributed by atoms with Gasteiger partial charge in [-0.1, -0.05) is 30.3 Å². The minimum absolute atomic E-state index is 0.000707. The van der Waals surface area contributed by atoms with Crippen LogP contribution in [0.5, 0.6) is 5.75 Å². The molecule has 2 aliphatic rings. The highest BCUT2D eigenvalue weighted by Gasteiger charge is 2.58. The smallest absolute Gasteiger partial charge is 0.251 e. The Morgan fingerprint density at radius 3 is 2.63 bits per heavy atom. The van der Waals surface area contributed by atoms with Crippen LogP contribution in [-0.2, 0) is 10.2 Å². The molecular weight excluding hydrogens is 376 g/mol. The molecule has 0 aromatic heterocycles. The summed E-state index contributed by atoms with van der Waals surface area (Å²) in [6, 6.07) is 18.0. The number of nitrogens with zero attached hydrogens (tertiary/aromatic N) is 1. The van der Waals surface area contributed by atoms with E-state index in [1.807, 2.05) is 43.5 Å². The molecule has 1 amide bonds. The van der Waals surface area contributed by atoms with E-state index in [1.165, 1.54) is 5.56 Å². The summed E-state index contributed by atoms with van der Waals surface area (Å²) < 4.78 is 11.9. The summed E-state index contributed by atoms with van der Waals surface area (Å²) in [7, 11) is 5.72. The number of carbonyl (C=O) groups is 1. The molecule has 5 heteroatoms. The van der Waals surface area contributed by atoms with Crippen LogP contribution in [0.2, 0.25) is 0 Å². The van der Waals surface area contributed by atoms with E-state index in [1.54, 1.807) is 7.11 Å². The van der Waals surface area contributed by atoms with Gasteiger partial charge in [0, 0.05) is 30.7 Å². The highest BCUT2D eigenvalue weighted by molar-refractivity contribution is 5.94. The zero-order valence-electron chi connectivity index (χ0n) is 18.2. The molecule has 0 radical (unpaired) electrons. The molecule has 2 aromatic carbocycles. The third-order valence-electron chi connectivity index (χ3n) is 7.19. The van der Waals surface area contributed by atoms with Crippen molar-refractivity contribution in [3.63, 3.8) is 0 Å². The van der Waals surface area contributed by atoms with Crippen molar-refractivity contribution < 1.29 is 14.3 Å². The number of hydrogen-bond acceptors (Lipinski definition) is 4. The zero-order valence-corrected chi connectivity index (χ0v) is 18.2. The van der Waals surface area contributed by atoms with Crippen LogP contribution in [0.15, 0.2) is 54.6 Å². The monoisotopic (exact) mass is 408 g/mol. The van der Waals surface area contributed by atoms with Crippen molar-refractivity contribution in [2.75, 3.05) is 34.4 Å². The Labute approximate surface area is 179 Å². The van der Waals surface area contributed by atoms with Crippen molar-refractivity contribution in [2.45, 2.75) is 42.7 Å². The highest BCUT2D eigenvalue weighted by atomic mass is 16.5. The second-order valence-corrected chi connectivity index (χ2v) is 8.78. The van der Waals surface area contributed by atoms with E-state index >= 15 is 0 Å². The first kappa shape index (κ1) is 20.9. The lowest BCUT2D eigenvalue weighted by Gasteiger charge is -2.59. The quantitative estimate of drug-likeness (QED) is 0.821. The summed E-state index contributed by atoms with van der Waals surface area (Å²) in [6.45, 7) is 1.89. The number of amides is 1. The summed E-state index contributed by atoms with van der Waals surface area (Å²) in [6.07, 6.45) is 3.67. The number of benzene rings is 2. The maximum Gasteiger partial charge on any atom is 0.251 e. The van der Waals surface area contributed by atoms with Crippen LogP contribution in [0.3, 0.4) is 0 Å². The lowest BCUT2D eigenvalue weighted by atomic mass is 9.55. The highest BCUT2D eigenvalue weighted by Crippen LogP contribution is 2.53. The van der Waals surface area contributed by atoms with E-state index in [0.717, 1.165) is 44.5 Å². The number of likely N-dealkylation sites (tertiary alicyclic amines) is 1. The molecule has 3 atom stereocenters. The van der Waals surface area contributed by atoms with Crippen LogP contribution in [-0.4, -0.2) is 56.8 Å². The summed E-state index contributed by atoms with van der Waals surface area (Å²) in [5, 5.41) is 3.30. The van der Waals surface area contributed by atoms with Crippen molar-refractivity contribution in [1.82, 2.24) is 10.2 Å². The van der Waals surface area contributed by atoms with Gasteiger partial charge in [0.05, 0.1) is 12.7 Å². The molecule has 0 unspecified atom stereocenters. The fraction of sp³-hybridized carbons (Fsp3) is 0.480. The van der Waals surface area contributed by atoms with Crippen LogP contribution >= 0.6 is 0 Å². The molecule has 1 aliphatic heterocycles. The summed E-state index contributed by atoms with van der Waals surface area (Å²) in [4.78, 5) is 15.2. The van der Waals surface area contributed by atoms with E-state index in [9.17, 15) is 4.79 Å². The molecule has 1 N–H and O–H groups in total. The van der Waals surface area contributed by atoms with Crippen molar-refractivity contribution in [3.05, 3.63) is 65.7 Å². The minimum Gasteiger partial charge on any atom is -0.497 e. The number of fused-ring (bicyclic) bond motifs is 1. The van der Waals surface area contributed by atoms with E-state index in [2.05, 4.69) is 35.5 Å². The van der Waals surface area contributed by atoms with Gasteiger partial charge in [0.15, 0.2) is 0 Å². The van der Waals surface area contributed by atoms with Gasteiger partial charge in [0.2, 0.25) is 0 Å². The number of carbonyl (C=O) groups excluding carboxylic acids is 1. The van der Waals surface area contributed by atoms with Crippen LogP contribution < -0.4 is 10.1 Å². The number of likely N-dealkylation sites (N-methyl/N-ethyl adjacent to an activating group) is 1. The minimum atomic E-state index is -0.277. The third kappa shape index (κ3) is 3.61. The SMILES string of the molecule is COc1cccc([C@@]23CCN(C)C[C@@]2(OC)CC[C@H](NC(=O)c2ccccc2)C3)c1. The first-order chi connectivity index (χ1) is 14.5. The average molecular weight is 409 g/mol. The van der Waals surface area contributed by atoms with Gasteiger partial charge in [-0.3, -0.25) is 4.79 Å². The summed E-state index contributed by atoms with van der Waals surface area (Å²) in [5.74, 6) is 0.862. The fourth-order valence-electron chi connectivity index (χ4n) is 5.60. The van der Waals surface area contributed by atoms with Gasteiger partial charge in [0.25, 0.3) is 5.91 Å². The number of methoxy groups -OCH3 is 2. The molecular formula is C25H32N2O3. The maximum absolute atomic E-state index is 12.8. The standard InChI is InChI=1S/C25H32N2O3/c1-27-15-14-24(20-10-7-11-22(16-20)29-2)17-21(12-13-25(24,18-27)30-3)26-23(28)19-8-5-4-6-9-19/h4-11,16,21H,12-15,17-18H2,1-3H3,(H,26,28)/t21-,24-,25-/m0/s1. The third-order valence-corrected chi connectivity index (χ3v) is 7.19. The van der Waals surface area contributed by atoms with Crippen molar-refractivity contribution in [2.24, 2.45) is 0 Å². The zero-order chi connectivity index (χ0) is 21.2. The molecule has 4 rings (SSSR count). The van der Waals surface area contributed by atoms with Crippen molar-refractivity contribution >= 4 is 5.91 Å². The van der Waals surface area contributed by atoms with E-state index in [-0.39, 0.29) is 23.0 Å². The van der Waals surface area contributed by atoms with E-state index in [0.29, 0.717) is 5.56 Å². The Hall–Kier alpha value is -2.37. The van der Waals surface area contributed by atoms with Gasteiger partial charge in [-0.15, -0.1) is 0 Å². The van der Waals surface area contributed by atoms with E-state index < -0.39 is 0 Å². The summed E-state index contributed by atoms with van der Waals surface area (Å²) in [5.41, 5.74) is 1.51. The first-order valence-corrected chi connectivity index (χ1v) is 10.8. The van der Waals surface area contributed by atoms with Gasteiger partial charge in [-0.05, 0) is 69.1 Å². The first-order valence-electron chi connectivity index (χ1n) is 10.8. The predicted octanol–water partition coefficient (Wildman–Crippen LogP) is 3.64. The van der Waals surface area contributed by atoms with Gasteiger partial charge >= 0.3 is 0 Å². The number of rotatable bonds is 5. The number of piperidine rings is 1. The molecule has 160 valence electrons. The molecule has 2 aromatic rings. The molecule has 1 aliphatic carbocycles. The Morgan fingerprint density at radius 1 is 1.10 bits per heavy atom. The molecule has 1 heterocycles. The predicted molar refractivity (Wildman–Crippen MR) is 118 cm³/mol. The van der Waals surface area contributed by atoms with Crippen LogP contribution in [0, 0.1) is 0 Å². The topological polar surface area (TPSA) is 50.8 Å². The van der Waals surface area contributed by atoms with E-state index in [4.69, 9.17) is 9.47 Å². The van der Waals surface area contributed by atoms with Crippen LogP contribution in [0.1, 0.15) is 41.6 Å². The normalized spacial score (nSPS) is 29.1. The molecule has 1 saturated carbocycles. The van der Waals surface area contributed by atoms with Gasteiger partial charge < -0.3 is 19.7 Å². The Morgan fingerprint density at radius 2 is 1.90 bits per heavy atom. The Kier molecular flexibility index (Phi) is 5.85. The lowest BCUT2D eigenvalue weighted by molar-refractivity contribution is -0.144. The number of nitrogens with one attached hydrogen (secondary N) is 1. The van der Waals surface area contributed by atoms with Crippen LogP contribution in [0.25, 0.3) is 0 Å². The van der Waals surface area contributed by atoms with Gasteiger partial charge in [-0.25, -0.2) is 0 Å². The summed E-state index contributed by atoms with van der Waals surface area (Å²) >= 11 is 0. The largest absolute Gasteiger partial charge is 0.497 e. The Bertz CT molecular complexity index is 887. The molecule has 0 spiro atoms. The van der Waals surface area contributed by atoms with Crippen LogP contribution in [0.4, 0.5) is 0 Å². The molecule has 0 bridgehead atoms. The number of hydrogen-bond donors (Lipinski definition) is 1. The lowest BCUT2D eigenvalue weighted by Crippen LogP contribution is -2.67. The fourth-order valence-corrected chi connectivity index (χ4v) is 5.60. The number of ether oxygens (including phenoxy) is 2. The Balaban J connectivity index is 1.68. The second-order valence-electron chi connectivity index (χ2n) is 8.78. The second kappa shape index (κ2) is 8.40. The molecule has 30 heavy (non-hydrogen) atoms. The molecule has 2 fully saturated rings. The average Bonchev–Trinajstić information content (AvgIpc) is 2.79. The van der Waals surface area contributed by atoms with Gasteiger partial charge in [0.1, 0.15) is 5.75 Å². The maximum atomic E-state index is 12.8. The van der Waals surface area contributed by atoms with Crippen molar-refractivity contribution in [1.29, 1.82) is 0 Å². The van der Waals surface area contributed by atoms with Crippen molar-refractivity contribution in [3.8, 4) is 5.75 Å². The van der Waals surface area contributed by atoms with Gasteiger partial charge in [-0.2, -0.15) is 0 Å². The molecule has 5 nitrogen and oxygen atoms in total. The molecule has 1 saturated heterocycles.